The molecular weight excluding hydrogens is 187 g/mol. The number of thioether (sulfide) groups is 1. The summed E-state index contributed by atoms with van der Waals surface area (Å²) in [4.78, 5) is 11.0. The van der Waals surface area contributed by atoms with Gasteiger partial charge in [-0.2, -0.15) is 0 Å². The molecule has 0 aliphatic rings. The zero-order valence-electron chi connectivity index (χ0n) is 7.42. The second-order valence-corrected chi connectivity index (χ2v) is 3.73. The lowest BCUT2D eigenvalue weighted by molar-refractivity contribution is 0.112. The van der Waals surface area contributed by atoms with Gasteiger partial charge in [-0.1, -0.05) is 19.1 Å². The van der Waals surface area contributed by atoms with Crippen LogP contribution in [0.4, 0.5) is 4.39 Å². The Balaban J connectivity index is 2.93. The van der Waals surface area contributed by atoms with E-state index >= 15 is 0 Å². The van der Waals surface area contributed by atoms with Crippen molar-refractivity contribution in [3.8, 4) is 0 Å². The molecule has 1 nitrogen and oxygen atoms in total. The number of hydrogen-bond acceptors (Lipinski definition) is 2. The van der Waals surface area contributed by atoms with Gasteiger partial charge < -0.3 is 0 Å². The van der Waals surface area contributed by atoms with Crippen LogP contribution in [0.5, 0.6) is 0 Å². The lowest BCUT2D eigenvalue weighted by Crippen LogP contribution is -1.90. The second-order valence-electron chi connectivity index (χ2n) is 2.62. The third-order valence-corrected chi connectivity index (χ3v) is 2.91. The number of carbonyl (C=O) groups excluding carboxylic acids is 1. The molecule has 0 amide bonds. The van der Waals surface area contributed by atoms with Crippen LogP contribution in [0.1, 0.15) is 23.7 Å². The van der Waals surface area contributed by atoms with E-state index in [0.717, 1.165) is 12.2 Å². The van der Waals surface area contributed by atoms with Crippen molar-refractivity contribution < 1.29 is 9.18 Å². The van der Waals surface area contributed by atoms with E-state index in [9.17, 15) is 9.18 Å². The van der Waals surface area contributed by atoms with E-state index < -0.39 is 0 Å². The third-order valence-electron chi connectivity index (χ3n) is 1.57. The van der Waals surface area contributed by atoms with Gasteiger partial charge in [-0.05, 0) is 18.2 Å². The van der Waals surface area contributed by atoms with Crippen LogP contribution in [0.3, 0.4) is 0 Å². The van der Waals surface area contributed by atoms with E-state index in [0.29, 0.717) is 16.7 Å². The van der Waals surface area contributed by atoms with Crippen molar-refractivity contribution in [3.63, 3.8) is 0 Å². The smallest absolute Gasteiger partial charge is 0.151 e. The number of aldehydes is 1. The summed E-state index contributed by atoms with van der Waals surface area (Å²) >= 11 is 1.39. The molecular formula is C10H11FOS. The Labute approximate surface area is 81.3 Å². The zero-order valence-corrected chi connectivity index (χ0v) is 8.23. The second kappa shape index (κ2) is 5.02. The highest BCUT2D eigenvalue weighted by molar-refractivity contribution is 7.99. The van der Waals surface area contributed by atoms with Gasteiger partial charge in [-0.3, -0.25) is 4.79 Å². The summed E-state index contributed by atoms with van der Waals surface area (Å²) in [5, 5.41) is 0. The topological polar surface area (TPSA) is 17.1 Å². The standard InChI is InChI=1S/C10H11FOS/c1-2-6-13-10-8(7-12)4-3-5-9(10)11/h3-5,7H,2,6H2,1H3. The Bertz CT molecular complexity index is 299. The van der Waals surface area contributed by atoms with Crippen LogP contribution in [-0.4, -0.2) is 12.0 Å². The lowest BCUT2D eigenvalue weighted by Gasteiger charge is -2.03. The van der Waals surface area contributed by atoms with E-state index in [1.807, 2.05) is 6.92 Å². The highest BCUT2D eigenvalue weighted by Gasteiger charge is 2.06. The summed E-state index contributed by atoms with van der Waals surface area (Å²) in [5.74, 6) is 0.532. The molecule has 1 rings (SSSR count). The van der Waals surface area contributed by atoms with Gasteiger partial charge >= 0.3 is 0 Å². The Morgan fingerprint density at radius 2 is 2.31 bits per heavy atom. The van der Waals surface area contributed by atoms with Gasteiger partial charge in [0.2, 0.25) is 0 Å². The maximum atomic E-state index is 13.2. The fraction of sp³-hybridized carbons (Fsp3) is 0.300. The molecule has 0 heterocycles. The highest BCUT2D eigenvalue weighted by Crippen LogP contribution is 2.25. The van der Waals surface area contributed by atoms with E-state index in [4.69, 9.17) is 0 Å². The Kier molecular flexibility index (Phi) is 3.96. The van der Waals surface area contributed by atoms with Gasteiger partial charge in [0.15, 0.2) is 6.29 Å². The predicted molar refractivity (Wildman–Crippen MR) is 52.8 cm³/mol. The predicted octanol–water partition coefficient (Wildman–Crippen LogP) is 3.14. The van der Waals surface area contributed by atoms with Gasteiger partial charge in [0.1, 0.15) is 5.82 Å². The molecule has 0 aliphatic carbocycles. The number of rotatable bonds is 4. The average molecular weight is 198 g/mol. The molecule has 0 unspecified atom stereocenters. The molecule has 0 aliphatic heterocycles. The van der Waals surface area contributed by atoms with Gasteiger partial charge in [0.05, 0.1) is 4.90 Å². The Morgan fingerprint density at radius 3 is 2.92 bits per heavy atom. The maximum Gasteiger partial charge on any atom is 0.151 e. The summed E-state index contributed by atoms with van der Waals surface area (Å²) in [7, 11) is 0. The molecule has 3 heteroatoms. The van der Waals surface area contributed by atoms with Gasteiger partial charge in [-0.25, -0.2) is 4.39 Å². The molecule has 1 aromatic carbocycles. The van der Waals surface area contributed by atoms with Crippen LogP contribution >= 0.6 is 11.8 Å². The number of carbonyl (C=O) groups is 1. The molecule has 0 spiro atoms. The number of halogens is 1. The van der Waals surface area contributed by atoms with E-state index in [-0.39, 0.29) is 5.82 Å². The first kappa shape index (κ1) is 10.3. The van der Waals surface area contributed by atoms with Crippen molar-refractivity contribution in [3.05, 3.63) is 29.6 Å². The fourth-order valence-corrected chi connectivity index (χ4v) is 1.87. The monoisotopic (exact) mass is 198 g/mol. The summed E-state index contributed by atoms with van der Waals surface area (Å²) < 4.78 is 13.2. The van der Waals surface area contributed by atoms with Crippen molar-refractivity contribution in [1.82, 2.24) is 0 Å². The number of hydrogen-bond donors (Lipinski definition) is 0. The zero-order chi connectivity index (χ0) is 9.68. The largest absolute Gasteiger partial charge is 0.298 e. The first-order valence-corrected chi connectivity index (χ1v) is 5.14. The maximum absolute atomic E-state index is 13.2. The normalized spacial score (nSPS) is 10.0. The Hall–Kier alpha value is -0.830. The summed E-state index contributed by atoms with van der Waals surface area (Å²) in [6, 6.07) is 4.56. The van der Waals surface area contributed by atoms with Crippen LogP contribution in [-0.2, 0) is 0 Å². The first-order valence-electron chi connectivity index (χ1n) is 4.16. The van der Waals surface area contributed by atoms with E-state index in [1.165, 1.54) is 17.8 Å². The minimum atomic E-state index is -0.303. The molecule has 0 aromatic heterocycles. The first-order chi connectivity index (χ1) is 6.29. The molecule has 1 aromatic rings. The van der Waals surface area contributed by atoms with Gasteiger partial charge in [0, 0.05) is 5.56 Å². The van der Waals surface area contributed by atoms with Crippen molar-refractivity contribution >= 4 is 18.0 Å². The molecule has 0 fully saturated rings. The van der Waals surface area contributed by atoms with Crippen LogP contribution in [0.15, 0.2) is 23.1 Å². The lowest BCUT2D eigenvalue weighted by atomic mass is 10.2. The molecule has 0 saturated heterocycles. The molecule has 0 bridgehead atoms. The van der Waals surface area contributed by atoms with Gasteiger partial charge in [-0.15, -0.1) is 11.8 Å². The van der Waals surface area contributed by atoms with Crippen LogP contribution < -0.4 is 0 Å². The highest BCUT2D eigenvalue weighted by atomic mass is 32.2. The van der Waals surface area contributed by atoms with Crippen LogP contribution in [0.25, 0.3) is 0 Å². The Morgan fingerprint density at radius 1 is 1.54 bits per heavy atom. The van der Waals surface area contributed by atoms with E-state index in [1.54, 1.807) is 12.1 Å². The molecule has 0 atom stereocenters. The van der Waals surface area contributed by atoms with Gasteiger partial charge in [0.25, 0.3) is 0 Å². The van der Waals surface area contributed by atoms with Crippen molar-refractivity contribution in [2.45, 2.75) is 18.2 Å². The van der Waals surface area contributed by atoms with Crippen molar-refractivity contribution in [2.24, 2.45) is 0 Å². The SMILES string of the molecule is CCCSc1c(F)cccc1C=O. The summed E-state index contributed by atoms with van der Waals surface area (Å²) in [6.45, 7) is 2.02. The molecule has 0 saturated carbocycles. The molecule has 13 heavy (non-hydrogen) atoms. The minimum Gasteiger partial charge on any atom is -0.298 e. The van der Waals surface area contributed by atoms with Crippen molar-refractivity contribution in [2.75, 3.05) is 5.75 Å². The fourth-order valence-electron chi connectivity index (χ4n) is 0.975. The van der Waals surface area contributed by atoms with Crippen molar-refractivity contribution in [1.29, 1.82) is 0 Å². The minimum absolute atomic E-state index is 0.303. The van der Waals surface area contributed by atoms with E-state index in [2.05, 4.69) is 0 Å². The molecule has 0 N–H and O–H groups in total. The average Bonchev–Trinajstić information content (AvgIpc) is 2.15. The number of benzene rings is 1. The summed E-state index contributed by atoms with van der Waals surface area (Å²) in [6.07, 6.45) is 1.67. The van der Waals surface area contributed by atoms with Crippen LogP contribution in [0.2, 0.25) is 0 Å². The van der Waals surface area contributed by atoms with Crippen LogP contribution in [0, 0.1) is 5.82 Å². The molecule has 0 radical (unpaired) electrons. The quantitative estimate of drug-likeness (QED) is 0.546. The third kappa shape index (κ3) is 2.56. The summed E-state index contributed by atoms with van der Waals surface area (Å²) in [5.41, 5.74) is 0.443. The molecule has 70 valence electrons.